The molecule has 2 aromatic rings. The maximum absolute atomic E-state index is 11.1. The third kappa shape index (κ3) is 2.44. The molecule has 7 nitrogen and oxygen atoms in total. The number of nitrogens with zero attached hydrogens (tertiary/aromatic N) is 3. The van der Waals surface area contributed by atoms with E-state index in [0.29, 0.717) is 0 Å². The number of aromatic nitrogens is 2. The Balaban J connectivity index is 2.69. The van der Waals surface area contributed by atoms with Gasteiger partial charge in [0.25, 0.3) is 10.1 Å². The van der Waals surface area contributed by atoms with Gasteiger partial charge in [0.1, 0.15) is 22.3 Å². The van der Waals surface area contributed by atoms with Gasteiger partial charge in [0.05, 0.1) is 21.9 Å². The summed E-state index contributed by atoms with van der Waals surface area (Å²) in [6.45, 7) is 0. The van der Waals surface area contributed by atoms with Crippen LogP contribution in [-0.2, 0) is 10.1 Å². The molecule has 0 radical (unpaired) electrons. The molecule has 0 saturated heterocycles. The molecule has 0 amide bonds. The number of benzene rings is 1. The quantitative estimate of drug-likeness (QED) is 0.809. The molecule has 10 heteroatoms. The number of nitrogens with two attached hydrogens (primary N) is 1. The van der Waals surface area contributed by atoms with Crippen molar-refractivity contribution >= 4 is 39.1 Å². The predicted molar refractivity (Wildman–Crippen MR) is 72.5 cm³/mol. The van der Waals surface area contributed by atoms with Gasteiger partial charge in [-0.1, -0.05) is 23.2 Å². The Hall–Kier alpha value is -1.79. The molecule has 0 bridgehead atoms. The van der Waals surface area contributed by atoms with Crippen LogP contribution < -0.4 is 5.73 Å². The minimum Gasteiger partial charge on any atom is -0.382 e. The molecule has 0 fully saturated rings. The highest BCUT2D eigenvalue weighted by Gasteiger charge is 2.20. The first-order valence-electron chi connectivity index (χ1n) is 4.96. The van der Waals surface area contributed by atoms with Crippen LogP contribution in [0, 0.1) is 11.3 Å². The van der Waals surface area contributed by atoms with Gasteiger partial charge in [-0.2, -0.15) is 18.8 Å². The van der Waals surface area contributed by atoms with Gasteiger partial charge >= 0.3 is 0 Å². The fourth-order valence-corrected chi connectivity index (χ4v) is 2.85. The lowest BCUT2D eigenvalue weighted by molar-refractivity contribution is 0.483. The molecule has 0 aliphatic carbocycles. The second-order valence-electron chi connectivity index (χ2n) is 3.68. The minimum atomic E-state index is -4.49. The fourth-order valence-electron chi connectivity index (χ4n) is 1.51. The van der Waals surface area contributed by atoms with E-state index in [1.807, 2.05) is 6.07 Å². The molecular formula is C10H6Cl2N4O3S. The smallest absolute Gasteiger partial charge is 0.296 e. The van der Waals surface area contributed by atoms with Crippen molar-refractivity contribution in [3.63, 3.8) is 0 Å². The molecule has 104 valence electrons. The first kappa shape index (κ1) is 14.6. The van der Waals surface area contributed by atoms with E-state index < -0.39 is 15.0 Å². The number of halogens is 2. The number of hydrogen-bond acceptors (Lipinski definition) is 5. The summed E-state index contributed by atoms with van der Waals surface area (Å²) in [6, 6.07) is 3.99. The molecule has 20 heavy (non-hydrogen) atoms. The molecule has 0 spiro atoms. The molecule has 0 atom stereocenters. The highest BCUT2D eigenvalue weighted by Crippen LogP contribution is 2.32. The van der Waals surface area contributed by atoms with Crippen LogP contribution >= 0.6 is 23.2 Å². The highest BCUT2D eigenvalue weighted by atomic mass is 35.5. The maximum Gasteiger partial charge on any atom is 0.296 e. The summed E-state index contributed by atoms with van der Waals surface area (Å²) in [5, 5.41) is 12.4. The predicted octanol–water partition coefficient (Wildman–Crippen LogP) is 1.88. The molecule has 2 rings (SSSR count). The minimum absolute atomic E-state index is 0.0325. The fraction of sp³-hybridized carbons (Fsp3) is 0. The van der Waals surface area contributed by atoms with Gasteiger partial charge in [0.15, 0.2) is 0 Å². The third-order valence-corrected chi connectivity index (χ3v) is 4.06. The summed E-state index contributed by atoms with van der Waals surface area (Å²) < 4.78 is 32.3. The van der Waals surface area contributed by atoms with E-state index in [9.17, 15) is 8.42 Å². The summed E-state index contributed by atoms with van der Waals surface area (Å²) in [7, 11) is -4.49. The second-order valence-corrected chi connectivity index (χ2v) is 5.88. The van der Waals surface area contributed by atoms with Crippen LogP contribution in [0.3, 0.4) is 0 Å². The summed E-state index contributed by atoms with van der Waals surface area (Å²) in [5.41, 5.74) is 6.02. The van der Waals surface area contributed by atoms with Gasteiger partial charge in [-0.05, 0) is 12.1 Å². The summed E-state index contributed by atoms with van der Waals surface area (Å²) in [5.74, 6) is 0.0325. The molecular weight excluding hydrogens is 327 g/mol. The number of rotatable bonds is 2. The second kappa shape index (κ2) is 4.96. The lowest BCUT2D eigenvalue weighted by atomic mass is 10.3. The van der Waals surface area contributed by atoms with Crippen LogP contribution in [0.15, 0.2) is 23.2 Å². The Bertz CT molecular complexity index is 839. The first-order valence-corrected chi connectivity index (χ1v) is 7.16. The van der Waals surface area contributed by atoms with E-state index in [4.69, 9.17) is 38.8 Å². The Morgan fingerprint density at radius 2 is 2.00 bits per heavy atom. The molecule has 0 aliphatic rings. The van der Waals surface area contributed by atoms with Gasteiger partial charge in [0, 0.05) is 0 Å². The Kier molecular flexibility index (Phi) is 3.62. The zero-order valence-electron chi connectivity index (χ0n) is 9.58. The van der Waals surface area contributed by atoms with E-state index in [2.05, 4.69) is 5.10 Å². The van der Waals surface area contributed by atoms with E-state index >= 15 is 0 Å². The van der Waals surface area contributed by atoms with E-state index in [1.54, 1.807) is 0 Å². The van der Waals surface area contributed by atoms with Crippen molar-refractivity contribution in [1.29, 1.82) is 5.26 Å². The molecule has 0 saturated carbocycles. The van der Waals surface area contributed by atoms with E-state index in [-0.39, 0.29) is 27.1 Å². The topological polar surface area (TPSA) is 122 Å². The number of anilines is 1. The molecule has 1 aromatic heterocycles. The van der Waals surface area contributed by atoms with E-state index in [0.717, 1.165) is 10.7 Å². The first-order chi connectivity index (χ1) is 9.25. The van der Waals surface area contributed by atoms with Gasteiger partial charge in [-0.15, -0.1) is 0 Å². The van der Waals surface area contributed by atoms with Crippen molar-refractivity contribution in [1.82, 2.24) is 9.78 Å². The van der Waals surface area contributed by atoms with Crippen LogP contribution in [0.4, 0.5) is 5.82 Å². The molecule has 1 heterocycles. The van der Waals surface area contributed by atoms with Crippen LogP contribution in [0.2, 0.25) is 10.0 Å². The van der Waals surface area contributed by atoms with Gasteiger partial charge < -0.3 is 5.73 Å². The molecule has 0 aliphatic heterocycles. The van der Waals surface area contributed by atoms with Crippen LogP contribution in [-0.4, -0.2) is 22.8 Å². The Labute approximate surface area is 123 Å². The van der Waals surface area contributed by atoms with Crippen molar-refractivity contribution in [3.05, 3.63) is 33.9 Å². The zero-order valence-corrected chi connectivity index (χ0v) is 11.9. The summed E-state index contributed by atoms with van der Waals surface area (Å²) in [4.78, 5) is -0.529. The summed E-state index contributed by atoms with van der Waals surface area (Å²) >= 11 is 11.7. The van der Waals surface area contributed by atoms with E-state index in [1.165, 1.54) is 12.3 Å². The van der Waals surface area contributed by atoms with Gasteiger partial charge in [0.2, 0.25) is 0 Å². The Morgan fingerprint density at radius 1 is 1.35 bits per heavy atom. The highest BCUT2D eigenvalue weighted by molar-refractivity contribution is 7.86. The van der Waals surface area contributed by atoms with Crippen molar-refractivity contribution in [2.24, 2.45) is 0 Å². The zero-order chi connectivity index (χ0) is 15.1. The molecule has 0 unspecified atom stereocenters. The van der Waals surface area contributed by atoms with Crippen LogP contribution in [0.1, 0.15) is 5.56 Å². The van der Waals surface area contributed by atoms with Gasteiger partial charge in [-0.25, -0.2) is 4.68 Å². The van der Waals surface area contributed by atoms with Crippen molar-refractivity contribution in [2.75, 3.05) is 5.73 Å². The summed E-state index contributed by atoms with van der Waals surface area (Å²) in [6.07, 6.45) is 1.23. The molecule has 1 aromatic carbocycles. The monoisotopic (exact) mass is 332 g/mol. The number of nitriles is 1. The SMILES string of the molecule is N#Cc1cnn(-c2cc(Cl)c(S(=O)(=O)O)cc2Cl)c1N. The van der Waals surface area contributed by atoms with Crippen LogP contribution in [0.5, 0.6) is 0 Å². The standard InChI is InChI=1S/C10H6Cl2N4O3S/c11-6-2-9(20(17,18)19)7(12)1-8(6)16-10(14)5(3-13)4-15-16/h1-2,4H,14H2,(H,17,18,19). The molecule has 3 N–H and O–H groups in total. The van der Waals surface area contributed by atoms with Crippen LogP contribution in [0.25, 0.3) is 5.69 Å². The van der Waals surface area contributed by atoms with Crippen molar-refractivity contribution < 1.29 is 13.0 Å². The largest absolute Gasteiger partial charge is 0.382 e. The van der Waals surface area contributed by atoms with Crippen molar-refractivity contribution in [2.45, 2.75) is 4.90 Å². The number of nitrogen functional groups attached to an aromatic ring is 1. The normalized spacial score (nSPS) is 11.3. The third-order valence-electron chi connectivity index (χ3n) is 2.43. The maximum atomic E-state index is 11.1. The Morgan fingerprint density at radius 3 is 2.50 bits per heavy atom. The van der Waals surface area contributed by atoms with Crippen molar-refractivity contribution in [3.8, 4) is 11.8 Å². The lowest BCUT2D eigenvalue weighted by Crippen LogP contribution is -2.05. The average Bonchev–Trinajstić information content (AvgIpc) is 2.71. The lowest BCUT2D eigenvalue weighted by Gasteiger charge is -2.09. The average molecular weight is 333 g/mol. The van der Waals surface area contributed by atoms with Gasteiger partial charge in [-0.3, -0.25) is 4.55 Å². The number of hydrogen-bond donors (Lipinski definition) is 2.